The molecule has 0 aliphatic rings. The van der Waals surface area contributed by atoms with Gasteiger partial charge in [0, 0.05) is 7.11 Å². The average Bonchev–Trinajstić information content (AvgIpc) is 2.21. The summed E-state index contributed by atoms with van der Waals surface area (Å²) >= 11 is 3.20. The molecule has 1 rings (SSSR count). The molecule has 0 unspecified atom stereocenters. The number of aryl methyl sites for hydroxylation is 1. The van der Waals surface area contributed by atoms with Gasteiger partial charge < -0.3 is 10.5 Å². The Labute approximate surface area is 97.7 Å². The van der Waals surface area contributed by atoms with Crippen LogP contribution in [0.1, 0.15) is 17.5 Å². The second-order valence-electron chi connectivity index (χ2n) is 3.38. The molecule has 0 radical (unpaired) electrons. The summed E-state index contributed by atoms with van der Waals surface area (Å²) in [7, 11) is 1.62. The lowest BCUT2D eigenvalue weighted by atomic mass is 10.1. The topological polar surface area (TPSA) is 35.2 Å². The van der Waals surface area contributed by atoms with E-state index in [1.54, 1.807) is 13.2 Å². The first-order valence-electron chi connectivity index (χ1n) is 4.84. The van der Waals surface area contributed by atoms with Crippen LogP contribution in [-0.4, -0.2) is 13.7 Å². The van der Waals surface area contributed by atoms with Crippen LogP contribution >= 0.6 is 15.9 Å². The van der Waals surface area contributed by atoms with Crippen LogP contribution in [0.4, 0.5) is 4.39 Å². The average molecular weight is 276 g/mol. The predicted molar refractivity (Wildman–Crippen MR) is 62.2 cm³/mol. The maximum Gasteiger partial charge on any atom is 0.140 e. The first-order valence-corrected chi connectivity index (χ1v) is 5.64. The molecule has 2 nitrogen and oxygen atoms in total. The molecule has 2 N–H and O–H groups in total. The van der Waals surface area contributed by atoms with E-state index in [9.17, 15) is 4.39 Å². The summed E-state index contributed by atoms with van der Waals surface area (Å²) in [4.78, 5) is 0. The zero-order chi connectivity index (χ0) is 11.3. The molecule has 0 aliphatic heterocycles. The lowest BCUT2D eigenvalue weighted by Gasteiger charge is -2.08. The van der Waals surface area contributed by atoms with Crippen LogP contribution in [0.2, 0.25) is 0 Å². The van der Waals surface area contributed by atoms with Gasteiger partial charge in [0.15, 0.2) is 0 Å². The van der Waals surface area contributed by atoms with Crippen LogP contribution in [0.5, 0.6) is 0 Å². The van der Waals surface area contributed by atoms with Crippen LogP contribution in [0.25, 0.3) is 0 Å². The van der Waals surface area contributed by atoms with E-state index in [-0.39, 0.29) is 5.82 Å². The molecule has 1 aromatic carbocycles. The molecule has 84 valence electrons. The minimum absolute atomic E-state index is 0.191. The summed E-state index contributed by atoms with van der Waals surface area (Å²) in [6, 6.07) is 3.57. The van der Waals surface area contributed by atoms with Crippen LogP contribution in [0, 0.1) is 5.82 Å². The molecule has 0 saturated carbocycles. The number of rotatable bonds is 5. The maximum atomic E-state index is 13.6. The van der Waals surface area contributed by atoms with Crippen molar-refractivity contribution in [2.45, 2.75) is 19.4 Å². The number of nitrogens with two attached hydrogens (primary N) is 1. The van der Waals surface area contributed by atoms with Gasteiger partial charge in [-0.15, -0.1) is 0 Å². The molecule has 0 fully saturated rings. The van der Waals surface area contributed by atoms with Crippen molar-refractivity contribution in [1.82, 2.24) is 0 Å². The van der Waals surface area contributed by atoms with E-state index in [4.69, 9.17) is 10.5 Å². The van der Waals surface area contributed by atoms with E-state index in [0.717, 1.165) is 12.0 Å². The number of hydrogen-bond donors (Lipinski definition) is 1. The Morgan fingerprint density at radius 1 is 1.47 bits per heavy atom. The minimum Gasteiger partial charge on any atom is -0.380 e. The monoisotopic (exact) mass is 275 g/mol. The highest BCUT2D eigenvalue weighted by molar-refractivity contribution is 9.10. The van der Waals surface area contributed by atoms with E-state index in [1.165, 1.54) is 0 Å². The third-order valence-electron chi connectivity index (χ3n) is 2.12. The van der Waals surface area contributed by atoms with Gasteiger partial charge in [0.05, 0.1) is 11.1 Å². The van der Waals surface area contributed by atoms with Gasteiger partial charge in [-0.3, -0.25) is 0 Å². The molecule has 0 atom stereocenters. The zero-order valence-electron chi connectivity index (χ0n) is 8.72. The quantitative estimate of drug-likeness (QED) is 0.897. The molecule has 0 spiro atoms. The second-order valence-corrected chi connectivity index (χ2v) is 4.23. The summed E-state index contributed by atoms with van der Waals surface area (Å²) in [6.45, 7) is 1.07. The van der Waals surface area contributed by atoms with Crippen LogP contribution in [0.3, 0.4) is 0 Å². The van der Waals surface area contributed by atoms with Crippen molar-refractivity contribution >= 4 is 15.9 Å². The summed E-state index contributed by atoms with van der Waals surface area (Å²) in [5.41, 5.74) is 7.07. The van der Waals surface area contributed by atoms with E-state index < -0.39 is 0 Å². The van der Waals surface area contributed by atoms with Gasteiger partial charge in [-0.25, -0.2) is 4.39 Å². The number of methoxy groups -OCH3 is 1. The standard InChI is InChI=1S/C11H15BrFNO/c1-15-7-8-5-9(3-2-4-14)11(13)10(12)6-8/h5-6H,2-4,7,14H2,1H3. The number of ether oxygens (including phenoxy) is 1. The van der Waals surface area contributed by atoms with Gasteiger partial charge in [-0.2, -0.15) is 0 Å². The van der Waals surface area contributed by atoms with Crippen LogP contribution in [0.15, 0.2) is 16.6 Å². The van der Waals surface area contributed by atoms with Gasteiger partial charge >= 0.3 is 0 Å². The fourth-order valence-corrected chi connectivity index (χ4v) is 1.98. The van der Waals surface area contributed by atoms with Crippen LogP contribution in [-0.2, 0) is 17.8 Å². The van der Waals surface area contributed by atoms with Crippen LogP contribution < -0.4 is 5.73 Å². The molecule has 15 heavy (non-hydrogen) atoms. The van der Waals surface area contributed by atoms with E-state index in [2.05, 4.69) is 15.9 Å². The van der Waals surface area contributed by atoms with E-state index in [1.807, 2.05) is 6.07 Å². The van der Waals surface area contributed by atoms with Crippen molar-refractivity contribution in [3.8, 4) is 0 Å². The highest BCUT2D eigenvalue weighted by Crippen LogP contribution is 2.22. The normalized spacial score (nSPS) is 10.7. The molecule has 0 amide bonds. The fourth-order valence-electron chi connectivity index (χ4n) is 1.43. The number of hydrogen-bond acceptors (Lipinski definition) is 2. The van der Waals surface area contributed by atoms with Gasteiger partial charge in [0.1, 0.15) is 5.82 Å². The highest BCUT2D eigenvalue weighted by atomic mass is 79.9. The first-order chi connectivity index (χ1) is 7.19. The summed E-state index contributed by atoms with van der Waals surface area (Å²) in [6.07, 6.45) is 1.46. The Balaban J connectivity index is 2.91. The molecule has 0 bridgehead atoms. The lowest BCUT2D eigenvalue weighted by Crippen LogP contribution is -2.03. The Morgan fingerprint density at radius 2 is 2.20 bits per heavy atom. The predicted octanol–water partition coefficient (Wildman–Crippen LogP) is 2.63. The molecular weight excluding hydrogens is 261 g/mol. The van der Waals surface area contributed by atoms with Crippen molar-refractivity contribution in [2.75, 3.05) is 13.7 Å². The van der Waals surface area contributed by atoms with Gasteiger partial charge in [0.2, 0.25) is 0 Å². The molecule has 0 aromatic heterocycles. The Kier molecular flexibility index (Phi) is 5.22. The van der Waals surface area contributed by atoms with E-state index >= 15 is 0 Å². The van der Waals surface area contributed by atoms with Crippen molar-refractivity contribution in [1.29, 1.82) is 0 Å². The van der Waals surface area contributed by atoms with Gasteiger partial charge in [-0.05, 0) is 52.5 Å². The maximum absolute atomic E-state index is 13.6. The lowest BCUT2D eigenvalue weighted by molar-refractivity contribution is 0.184. The molecular formula is C11H15BrFNO. The van der Waals surface area contributed by atoms with Crippen molar-refractivity contribution in [3.05, 3.63) is 33.5 Å². The summed E-state index contributed by atoms with van der Waals surface area (Å²) in [5, 5.41) is 0. The SMILES string of the molecule is COCc1cc(Br)c(F)c(CCCN)c1. The third-order valence-corrected chi connectivity index (χ3v) is 2.70. The van der Waals surface area contributed by atoms with Gasteiger partial charge in [-0.1, -0.05) is 6.07 Å². The molecule has 0 aliphatic carbocycles. The Bertz CT molecular complexity index is 331. The number of benzene rings is 1. The smallest absolute Gasteiger partial charge is 0.140 e. The third kappa shape index (κ3) is 3.55. The van der Waals surface area contributed by atoms with Gasteiger partial charge in [0.25, 0.3) is 0 Å². The first kappa shape index (κ1) is 12.6. The zero-order valence-corrected chi connectivity index (χ0v) is 10.3. The second kappa shape index (κ2) is 6.20. The number of halogens is 2. The fraction of sp³-hybridized carbons (Fsp3) is 0.455. The molecule has 4 heteroatoms. The Morgan fingerprint density at radius 3 is 2.80 bits per heavy atom. The largest absolute Gasteiger partial charge is 0.380 e. The van der Waals surface area contributed by atoms with Crippen molar-refractivity contribution in [3.63, 3.8) is 0 Å². The molecule has 1 aromatic rings. The summed E-state index contributed by atoms with van der Waals surface area (Å²) < 4.78 is 19.1. The Hall–Kier alpha value is -0.450. The highest BCUT2D eigenvalue weighted by Gasteiger charge is 2.08. The van der Waals surface area contributed by atoms with E-state index in [0.29, 0.717) is 29.6 Å². The minimum atomic E-state index is -0.191. The molecule has 0 heterocycles. The van der Waals surface area contributed by atoms with Crippen molar-refractivity contribution < 1.29 is 9.13 Å². The summed E-state index contributed by atoms with van der Waals surface area (Å²) in [5.74, 6) is -0.191. The van der Waals surface area contributed by atoms with Crippen molar-refractivity contribution in [2.24, 2.45) is 5.73 Å². The molecule has 0 saturated heterocycles.